The molecule has 6 nitrogen and oxygen atoms in total. The lowest BCUT2D eigenvalue weighted by atomic mass is 10.1. The number of ether oxygens (including phenoxy) is 1. The molecular formula is C22H23N3O3. The van der Waals surface area contributed by atoms with Crippen molar-refractivity contribution in [2.24, 2.45) is 0 Å². The van der Waals surface area contributed by atoms with E-state index < -0.39 is 0 Å². The summed E-state index contributed by atoms with van der Waals surface area (Å²) in [6.45, 7) is -0.0162. The molecule has 3 rings (SSSR count). The maximum absolute atomic E-state index is 12.3. The van der Waals surface area contributed by atoms with E-state index in [0.717, 1.165) is 11.3 Å². The number of nitrogens with zero attached hydrogens (tertiary/aromatic N) is 2. The zero-order chi connectivity index (χ0) is 19.9. The first-order valence-electron chi connectivity index (χ1n) is 8.96. The second-order valence-electron chi connectivity index (χ2n) is 6.58. The second-order valence-corrected chi connectivity index (χ2v) is 6.58. The highest BCUT2D eigenvalue weighted by Gasteiger charge is 2.07. The van der Waals surface area contributed by atoms with Crippen LogP contribution in [0.25, 0.3) is 5.69 Å². The molecule has 0 aliphatic rings. The zero-order valence-corrected chi connectivity index (χ0v) is 16.0. The first-order chi connectivity index (χ1) is 13.5. The highest BCUT2D eigenvalue weighted by molar-refractivity contribution is 5.92. The Balaban J connectivity index is 1.51. The molecular weight excluding hydrogens is 354 g/mol. The molecule has 0 atom stereocenters. The summed E-state index contributed by atoms with van der Waals surface area (Å²) in [6.07, 6.45) is 4.25. The quantitative estimate of drug-likeness (QED) is 0.688. The second kappa shape index (κ2) is 8.90. The minimum Gasteiger partial charge on any atom is -0.484 e. The number of rotatable bonds is 7. The van der Waals surface area contributed by atoms with E-state index in [1.54, 1.807) is 38.4 Å². The molecule has 1 heterocycles. The van der Waals surface area contributed by atoms with Crippen LogP contribution in [0.2, 0.25) is 0 Å². The molecule has 0 bridgehead atoms. The highest BCUT2D eigenvalue weighted by Crippen LogP contribution is 2.16. The summed E-state index contributed by atoms with van der Waals surface area (Å²) < 4.78 is 7.43. The molecule has 1 aromatic heterocycles. The Bertz CT molecular complexity index is 915. The number of hydrogen-bond donors (Lipinski definition) is 1. The van der Waals surface area contributed by atoms with E-state index in [9.17, 15) is 9.59 Å². The van der Waals surface area contributed by atoms with Gasteiger partial charge in [0.25, 0.3) is 5.91 Å². The number of benzene rings is 2. The molecule has 0 aliphatic heterocycles. The zero-order valence-electron chi connectivity index (χ0n) is 16.0. The largest absolute Gasteiger partial charge is 0.484 e. The Morgan fingerprint density at radius 1 is 0.964 bits per heavy atom. The summed E-state index contributed by atoms with van der Waals surface area (Å²) in [5, 5.41) is 2.87. The third kappa shape index (κ3) is 5.23. The Morgan fingerprint density at radius 2 is 1.61 bits per heavy atom. The normalized spacial score (nSPS) is 10.4. The fourth-order valence-electron chi connectivity index (χ4n) is 2.59. The lowest BCUT2D eigenvalue weighted by molar-refractivity contribution is -0.130. The van der Waals surface area contributed by atoms with Crippen LogP contribution in [0.4, 0.5) is 5.69 Å². The molecule has 28 heavy (non-hydrogen) atoms. The van der Waals surface area contributed by atoms with Gasteiger partial charge >= 0.3 is 0 Å². The minimum atomic E-state index is -0.111. The molecule has 0 unspecified atom stereocenters. The van der Waals surface area contributed by atoms with Crippen molar-refractivity contribution in [1.29, 1.82) is 0 Å². The Kier molecular flexibility index (Phi) is 6.11. The van der Waals surface area contributed by atoms with Crippen molar-refractivity contribution in [1.82, 2.24) is 9.47 Å². The van der Waals surface area contributed by atoms with E-state index in [-0.39, 0.29) is 18.4 Å². The van der Waals surface area contributed by atoms with Crippen molar-refractivity contribution in [2.45, 2.75) is 6.42 Å². The van der Waals surface area contributed by atoms with Crippen LogP contribution < -0.4 is 10.1 Å². The van der Waals surface area contributed by atoms with Gasteiger partial charge in [0, 0.05) is 37.9 Å². The van der Waals surface area contributed by atoms with Crippen molar-refractivity contribution in [2.75, 3.05) is 26.0 Å². The maximum Gasteiger partial charge on any atom is 0.259 e. The van der Waals surface area contributed by atoms with E-state index in [1.165, 1.54) is 4.90 Å². The molecule has 2 aromatic carbocycles. The van der Waals surface area contributed by atoms with Crippen LogP contribution in [0.5, 0.6) is 5.75 Å². The number of likely N-dealkylation sites (N-methyl/N-ethyl adjacent to an activating group) is 1. The monoisotopic (exact) mass is 377 g/mol. The van der Waals surface area contributed by atoms with E-state index >= 15 is 0 Å². The standard InChI is InChI=1S/C22H23N3O3/c1-24(2)22(27)16-28-20-11-7-18(8-12-20)23-21(26)15-17-5-9-19(10-6-17)25-13-3-4-14-25/h3-14H,15-16H2,1-2H3,(H,23,26). The Morgan fingerprint density at radius 3 is 2.21 bits per heavy atom. The van der Waals surface area contributed by atoms with Crippen molar-refractivity contribution < 1.29 is 14.3 Å². The van der Waals surface area contributed by atoms with Gasteiger partial charge in [0.1, 0.15) is 5.75 Å². The topological polar surface area (TPSA) is 63.6 Å². The van der Waals surface area contributed by atoms with Crippen molar-refractivity contribution in [3.05, 3.63) is 78.6 Å². The average Bonchev–Trinajstić information content (AvgIpc) is 3.22. The van der Waals surface area contributed by atoms with Crippen molar-refractivity contribution >= 4 is 17.5 Å². The molecule has 3 aromatic rings. The van der Waals surface area contributed by atoms with Crippen LogP contribution in [0.3, 0.4) is 0 Å². The van der Waals surface area contributed by atoms with E-state index in [1.807, 2.05) is 53.4 Å². The molecule has 6 heteroatoms. The summed E-state index contributed by atoms with van der Waals surface area (Å²) in [4.78, 5) is 25.3. The van der Waals surface area contributed by atoms with Gasteiger partial charge in [-0.15, -0.1) is 0 Å². The van der Waals surface area contributed by atoms with Gasteiger partial charge in [0.15, 0.2) is 6.61 Å². The first-order valence-corrected chi connectivity index (χ1v) is 8.96. The number of amides is 2. The van der Waals surface area contributed by atoms with E-state index in [2.05, 4.69) is 5.32 Å². The van der Waals surface area contributed by atoms with E-state index in [4.69, 9.17) is 4.74 Å². The van der Waals surface area contributed by atoms with Gasteiger partial charge in [-0.05, 0) is 54.1 Å². The number of aromatic nitrogens is 1. The third-order valence-corrected chi connectivity index (χ3v) is 4.20. The summed E-state index contributed by atoms with van der Waals surface area (Å²) in [5.74, 6) is 0.374. The molecule has 0 radical (unpaired) electrons. The Labute approximate surface area is 164 Å². The number of hydrogen-bond acceptors (Lipinski definition) is 3. The van der Waals surface area contributed by atoms with Gasteiger partial charge in [-0.3, -0.25) is 9.59 Å². The lowest BCUT2D eigenvalue weighted by Gasteiger charge is -2.12. The first kappa shape index (κ1) is 19.2. The minimum absolute atomic E-state index is 0.0162. The van der Waals surface area contributed by atoms with Crippen molar-refractivity contribution in [3.8, 4) is 11.4 Å². The molecule has 0 aliphatic carbocycles. The number of carbonyl (C=O) groups is 2. The summed E-state index contributed by atoms with van der Waals surface area (Å²) in [5.41, 5.74) is 2.67. The highest BCUT2D eigenvalue weighted by atomic mass is 16.5. The van der Waals surface area contributed by atoms with Crippen LogP contribution in [-0.4, -0.2) is 42.0 Å². The molecule has 1 N–H and O–H groups in total. The number of anilines is 1. The van der Waals surface area contributed by atoms with Crippen LogP contribution >= 0.6 is 0 Å². The number of nitrogens with one attached hydrogen (secondary N) is 1. The average molecular weight is 377 g/mol. The third-order valence-electron chi connectivity index (χ3n) is 4.20. The van der Waals surface area contributed by atoms with Crippen LogP contribution in [0.15, 0.2) is 73.1 Å². The summed E-state index contributed by atoms with van der Waals surface area (Å²) >= 11 is 0. The predicted molar refractivity (Wildman–Crippen MR) is 109 cm³/mol. The lowest BCUT2D eigenvalue weighted by Crippen LogP contribution is -2.27. The Hall–Kier alpha value is -3.54. The van der Waals surface area contributed by atoms with Gasteiger partial charge in [-0.2, -0.15) is 0 Å². The van der Waals surface area contributed by atoms with Crippen LogP contribution in [-0.2, 0) is 16.0 Å². The summed E-state index contributed by atoms with van der Waals surface area (Å²) in [7, 11) is 3.36. The van der Waals surface area contributed by atoms with E-state index in [0.29, 0.717) is 17.9 Å². The van der Waals surface area contributed by atoms with Gasteiger partial charge in [-0.1, -0.05) is 12.1 Å². The fourth-order valence-corrected chi connectivity index (χ4v) is 2.59. The molecule has 0 saturated carbocycles. The number of carbonyl (C=O) groups excluding carboxylic acids is 2. The van der Waals surface area contributed by atoms with Gasteiger partial charge in [0.05, 0.1) is 6.42 Å². The van der Waals surface area contributed by atoms with Crippen LogP contribution in [0, 0.1) is 0 Å². The van der Waals surface area contributed by atoms with Gasteiger partial charge in [-0.25, -0.2) is 0 Å². The molecule has 0 saturated heterocycles. The smallest absolute Gasteiger partial charge is 0.259 e. The molecule has 2 amide bonds. The SMILES string of the molecule is CN(C)C(=O)COc1ccc(NC(=O)Cc2ccc(-n3cccc3)cc2)cc1. The molecule has 0 fully saturated rings. The predicted octanol–water partition coefficient (Wildman–Crippen LogP) is 3.13. The van der Waals surface area contributed by atoms with Gasteiger partial charge in [0.2, 0.25) is 5.91 Å². The molecule has 0 spiro atoms. The molecule has 144 valence electrons. The summed E-state index contributed by atoms with van der Waals surface area (Å²) in [6, 6.07) is 18.8. The van der Waals surface area contributed by atoms with Crippen molar-refractivity contribution in [3.63, 3.8) is 0 Å². The van der Waals surface area contributed by atoms with Crippen LogP contribution in [0.1, 0.15) is 5.56 Å². The maximum atomic E-state index is 12.3. The fraction of sp³-hybridized carbons (Fsp3) is 0.182. The van der Waals surface area contributed by atoms with Gasteiger partial charge < -0.3 is 19.5 Å².